The molecule has 1 N–H and O–H groups in total. The van der Waals surface area contributed by atoms with Gasteiger partial charge in [0.2, 0.25) is 0 Å². The standard InChI is InChI=1S/C10H11N2.La/c1-3-8-4-7(2)5-10-9(8)6-11-12-10;/h5-6H,3H2,1-2H3,(H,11,12);/q-1;. The molecule has 0 fully saturated rings. The molecule has 1 radical (unpaired) electrons. The number of nitrogens with zero attached hydrogens (tertiary/aromatic N) is 1. The molecule has 0 saturated heterocycles. The first-order valence-corrected chi connectivity index (χ1v) is 4.16. The van der Waals surface area contributed by atoms with Crippen molar-refractivity contribution in [2.75, 3.05) is 0 Å². The van der Waals surface area contributed by atoms with Gasteiger partial charge in [-0.3, -0.25) is 0 Å². The Labute approximate surface area is 106 Å². The maximum absolute atomic E-state index is 4.01. The third-order valence-electron chi connectivity index (χ3n) is 2.06. The van der Waals surface area contributed by atoms with Crippen LogP contribution in [0.4, 0.5) is 0 Å². The fourth-order valence-corrected chi connectivity index (χ4v) is 1.48. The van der Waals surface area contributed by atoms with E-state index in [-0.39, 0.29) is 35.6 Å². The summed E-state index contributed by atoms with van der Waals surface area (Å²) in [4.78, 5) is 0. The Balaban J connectivity index is 0.000000845. The molecule has 0 saturated carbocycles. The molecule has 0 bridgehead atoms. The fourth-order valence-electron chi connectivity index (χ4n) is 1.48. The summed E-state index contributed by atoms with van der Waals surface area (Å²) < 4.78 is 0. The molecule has 2 rings (SSSR count). The van der Waals surface area contributed by atoms with Crippen LogP contribution in [0.5, 0.6) is 0 Å². The third-order valence-corrected chi connectivity index (χ3v) is 2.06. The van der Waals surface area contributed by atoms with E-state index < -0.39 is 0 Å². The molecule has 3 heteroatoms. The Bertz CT molecular complexity index is 406. The number of aromatic nitrogens is 2. The number of rotatable bonds is 1. The van der Waals surface area contributed by atoms with Gasteiger partial charge in [0.05, 0.1) is 0 Å². The summed E-state index contributed by atoms with van der Waals surface area (Å²) in [6, 6.07) is 5.40. The van der Waals surface area contributed by atoms with Crippen molar-refractivity contribution in [2.45, 2.75) is 20.3 Å². The monoisotopic (exact) mass is 298 g/mol. The van der Waals surface area contributed by atoms with Gasteiger partial charge in [0.25, 0.3) is 0 Å². The summed E-state index contributed by atoms with van der Waals surface area (Å²) in [5, 5.41) is 8.17. The van der Waals surface area contributed by atoms with E-state index in [1.165, 1.54) is 16.5 Å². The zero-order valence-corrected chi connectivity index (χ0v) is 11.5. The predicted molar refractivity (Wildman–Crippen MR) is 49.0 cm³/mol. The number of aryl methyl sites for hydroxylation is 2. The van der Waals surface area contributed by atoms with Gasteiger partial charge >= 0.3 is 0 Å². The molecule has 2 nitrogen and oxygen atoms in total. The first-order chi connectivity index (χ1) is 5.81. The van der Waals surface area contributed by atoms with E-state index in [0.29, 0.717) is 0 Å². The van der Waals surface area contributed by atoms with Gasteiger partial charge in [0.15, 0.2) is 0 Å². The number of nitrogens with one attached hydrogen (secondary N) is 1. The van der Waals surface area contributed by atoms with Gasteiger partial charge < -0.3 is 5.10 Å². The zero-order chi connectivity index (χ0) is 8.55. The van der Waals surface area contributed by atoms with Crippen molar-refractivity contribution >= 4 is 10.9 Å². The SMILES string of the molecule is CCc1[c-]c(C)cc2[nH]ncc12.[La]. The summed E-state index contributed by atoms with van der Waals surface area (Å²) in [5.41, 5.74) is 3.53. The van der Waals surface area contributed by atoms with Crippen LogP contribution in [0.2, 0.25) is 0 Å². The van der Waals surface area contributed by atoms with E-state index in [0.717, 1.165) is 11.9 Å². The smallest absolute Gasteiger partial charge is 0.00135 e. The Morgan fingerprint density at radius 1 is 1.54 bits per heavy atom. The number of hydrogen-bond acceptors (Lipinski definition) is 1. The summed E-state index contributed by atoms with van der Waals surface area (Å²) in [7, 11) is 0. The minimum atomic E-state index is 0. The van der Waals surface area contributed by atoms with Crippen LogP contribution in [0.25, 0.3) is 10.9 Å². The zero-order valence-electron chi connectivity index (χ0n) is 7.89. The molecular weight excluding hydrogens is 287 g/mol. The second-order valence-electron chi connectivity index (χ2n) is 2.98. The van der Waals surface area contributed by atoms with Crippen LogP contribution < -0.4 is 0 Å². The van der Waals surface area contributed by atoms with Gasteiger partial charge in [-0.25, -0.2) is 0 Å². The third kappa shape index (κ3) is 2.04. The molecular formula is C10H11LaN2-. The number of H-pyrrole nitrogens is 1. The van der Waals surface area contributed by atoms with E-state index in [9.17, 15) is 0 Å². The van der Waals surface area contributed by atoms with E-state index in [1.54, 1.807) is 0 Å². The quantitative estimate of drug-likeness (QED) is 0.804. The van der Waals surface area contributed by atoms with E-state index >= 15 is 0 Å². The van der Waals surface area contributed by atoms with Crippen LogP contribution in [0, 0.1) is 48.6 Å². The Kier molecular flexibility index (Phi) is 3.71. The minimum Gasteiger partial charge on any atom is -0.303 e. The molecule has 1 aromatic heterocycles. The van der Waals surface area contributed by atoms with E-state index in [2.05, 4.69) is 36.2 Å². The van der Waals surface area contributed by atoms with E-state index in [1.807, 2.05) is 6.20 Å². The second-order valence-corrected chi connectivity index (χ2v) is 2.98. The molecule has 0 atom stereocenters. The molecule has 0 spiro atoms. The topological polar surface area (TPSA) is 28.7 Å². The number of benzene rings is 1. The van der Waals surface area contributed by atoms with Crippen LogP contribution >= 0.6 is 0 Å². The molecule has 0 aliphatic heterocycles. The van der Waals surface area contributed by atoms with Crippen molar-refractivity contribution in [3.05, 3.63) is 29.5 Å². The molecule has 0 aliphatic rings. The van der Waals surface area contributed by atoms with Crippen molar-refractivity contribution in [2.24, 2.45) is 0 Å². The van der Waals surface area contributed by atoms with Crippen LogP contribution in [0.3, 0.4) is 0 Å². The number of aromatic amines is 1. The fraction of sp³-hybridized carbons (Fsp3) is 0.300. The molecule has 0 amide bonds. The largest absolute Gasteiger partial charge is 0.303 e. The minimum absolute atomic E-state index is 0. The normalized spacial score (nSPS) is 10.0. The average Bonchev–Trinajstić information content (AvgIpc) is 2.50. The predicted octanol–water partition coefficient (Wildman–Crippen LogP) is 2.23. The van der Waals surface area contributed by atoms with Crippen molar-refractivity contribution in [3.8, 4) is 0 Å². The van der Waals surface area contributed by atoms with Crippen LogP contribution in [0.1, 0.15) is 18.1 Å². The summed E-state index contributed by atoms with van der Waals surface area (Å²) in [6.07, 6.45) is 2.88. The van der Waals surface area contributed by atoms with Gasteiger partial charge in [-0.1, -0.05) is 25.7 Å². The molecule has 2 aromatic rings. The maximum atomic E-state index is 4.01. The number of hydrogen-bond donors (Lipinski definition) is 1. The Morgan fingerprint density at radius 3 is 3.00 bits per heavy atom. The van der Waals surface area contributed by atoms with Gasteiger partial charge in [-0.05, 0) is 5.52 Å². The van der Waals surface area contributed by atoms with Crippen LogP contribution in [0.15, 0.2) is 12.3 Å². The molecule has 0 aliphatic carbocycles. The van der Waals surface area contributed by atoms with Gasteiger partial charge in [0, 0.05) is 41.8 Å². The summed E-state index contributed by atoms with van der Waals surface area (Å²) >= 11 is 0. The molecule has 1 aromatic carbocycles. The molecule has 0 unspecified atom stereocenters. The van der Waals surface area contributed by atoms with Crippen LogP contribution in [-0.2, 0) is 6.42 Å². The Hall–Kier alpha value is -0.115. The van der Waals surface area contributed by atoms with Crippen molar-refractivity contribution < 1.29 is 35.6 Å². The second kappa shape index (κ2) is 4.40. The van der Waals surface area contributed by atoms with Gasteiger partial charge in [0.1, 0.15) is 0 Å². The molecule has 65 valence electrons. The molecule has 13 heavy (non-hydrogen) atoms. The maximum Gasteiger partial charge on any atom is 0.00135 e. The Morgan fingerprint density at radius 2 is 2.31 bits per heavy atom. The van der Waals surface area contributed by atoms with Crippen LogP contribution in [-0.4, -0.2) is 10.2 Å². The van der Waals surface area contributed by atoms with Gasteiger partial charge in [-0.15, -0.1) is 6.07 Å². The van der Waals surface area contributed by atoms with Crippen molar-refractivity contribution in [1.82, 2.24) is 10.2 Å². The molecule has 1 heterocycles. The van der Waals surface area contributed by atoms with Gasteiger partial charge in [-0.2, -0.15) is 22.3 Å². The van der Waals surface area contributed by atoms with E-state index in [4.69, 9.17) is 0 Å². The summed E-state index contributed by atoms with van der Waals surface area (Å²) in [6.45, 7) is 4.19. The first-order valence-electron chi connectivity index (χ1n) is 4.16. The number of fused-ring (bicyclic) bond motifs is 1. The first kappa shape index (κ1) is 11.0. The average molecular weight is 298 g/mol. The van der Waals surface area contributed by atoms with Crippen molar-refractivity contribution in [1.29, 1.82) is 0 Å². The summed E-state index contributed by atoms with van der Waals surface area (Å²) in [5.74, 6) is 0. The van der Waals surface area contributed by atoms with Crippen molar-refractivity contribution in [3.63, 3.8) is 0 Å².